The zero-order valence-electron chi connectivity index (χ0n) is 4.29. The van der Waals surface area contributed by atoms with E-state index in [9.17, 15) is 10.1 Å². The van der Waals surface area contributed by atoms with Crippen molar-refractivity contribution in [2.24, 2.45) is 10.9 Å². The summed E-state index contributed by atoms with van der Waals surface area (Å²) < 4.78 is 0. The van der Waals surface area contributed by atoms with Crippen molar-refractivity contribution in [3.05, 3.63) is 10.1 Å². The van der Waals surface area contributed by atoms with E-state index in [1.165, 1.54) is 6.92 Å². The molecule has 8 heavy (non-hydrogen) atoms. The highest BCUT2D eigenvalue weighted by Gasteiger charge is 1.90. The number of hydrogen-bond donors (Lipinski definition) is 2. The van der Waals surface area contributed by atoms with Gasteiger partial charge in [0.15, 0.2) is 10.9 Å². The lowest BCUT2D eigenvalue weighted by Gasteiger charge is -1.87. The summed E-state index contributed by atoms with van der Waals surface area (Å²) in [6.07, 6.45) is 0. The molecule has 0 fully saturated rings. The van der Waals surface area contributed by atoms with Crippen LogP contribution in [0.5, 0.6) is 0 Å². The molecule has 0 aliphatic rings. The highest BCUT2D eigenvalue weighted by molar-refractivity contribution is 5.77. The van der Waals surface area contributed by atoms with Crippen molar-refractivity contribution in [1.29, 1.82) is 0 Å². The fraction of sp³-hybridized carbons (Fsp3) is 0.500. The summed E-state index contributed by atoms with van der Waals surface area (Å²) in [6.45, 7) is 1.39. The third kappa shape index (κ3) is 3.04. The number of hydrazine groups is 1. The minimum absolute atomic E-state index is 0.0787. The highest BCUT2D eigenvalue weighted by Crippen LogP contribution is 1.69. The molecule has 0 aromatic rings. The molecular weight excluding hydrogens is 112 g/mol. The zero-order chi connectivity index (χ0) is 6.57. The second-order valence-corrected chi connectivity index (χ2v) is 1.07. The van der Waals surface area contributed by atoms with Crippen LogP contribution in [0, 0.1) is 10.1 Å². The lowest BCUT2D eigenvalue weighted by Crippen LogP contribution is -2.28. The van der Waals surface area contributed by atoms with E-state index < -0.39 is 5.03 Å². The van der Waals surface area contributed by atoms with Crippen molar-refractivity contribution in [3.63, 3.8) is 0 Å². The predicted octanol–water partition coefficient (Wildman–Crippen LogP) is -0.940. The van der Waals surface area contributed by atoms with E-state index in [2.05, 4.69) is 5.10 Å². The number of nitrogens with zero attached hydrogens (tertiary/aromatic N) is 2. The summed E-state index contributed by atoms with van der Waals surface area (Å²) in [5.74, 6) is 4.81. The van der Waals surface area contributed by atoms with E-state index in [-0.39, 0.29) is 5.84 Å². The molecule has 0 aromatic heterocycles. The molecule has 0 aliphatic heterocycles. The topological polar surface area (TPSA) is 93.5 Å². The summed E-state index contributed by atoms with van der Waals surface area (Å²) in [5.41, 5.74) is 2.00. The maximum Gasteiger partial charge on any atom is 0.192 e. The molecule has 0 heterocycles. The van der Waals surface area contributed by atoms with Crippen LogP contribution in [0.15, 0.2) is 5.10 Å². The number of hydrogen-bond acceptors (Lipinski definition) is 3. The molecule has 46 valence electrons. The third-order valence-corrected chi connectivity index (χ3v) is 0.441. The molecule has 0 bridgehead atoms. The molecule has 0 rings (SSSR count). The Bertz CT molecular complexity index is 119. The average Bonchev–Trinajstić information content (AvgIpc) is 1.65. The van der Waals surface area contributed by atoms with Gasteiger partial charge in [-0.1, -0.05) is 0 Å². The lowest BCUT2D eigenvalue weighted by atomic mass is 10.7. The van der Waals surface area contributed by atoms with Crippen LogP contribution in [0.1, 0.15) is 6.92 Å². The van der Waals surface area contributed by atoms with Crippen LogP contribution in [0.4, 0.5) is 0 Å². The Hall–Kier alpha value is -1.17. The normalized spacial score (nSPS) is 11.0. The molecular formula is C2H6N4O2. The fourth-order valence-electron chi connectivity index (χ4n) is 0.151. The summed E-state index contributed by atoms with van der Waals surface area (Å²) in [4.78, 5) is 9.49. The van der Waals surface area contributed by atoms with Gasteiger partial charge in [0.25, 0.3) is 0 Å². The Morgan fingerprint density at radius 1 is 2.00 bits per heavy atom. The van der Waals surface area contributed by atoms with Gasteiger partial charge in [-0.3, -0.25) is 0 Å². The lowest BCUT2D eigenvalue weighted by molar-refractivity contribution is -0.485. The first-order chi connectivity index (χ1) is 3.66. The van der Waals surface area contributed by atoms with Gasteiger partial charge in [-0.05, 0) is 0 Å². The number of amidine groups is 1. The quantitative estimate of drug-likeness (QED) is 0.153. The highest BCUT2D eigenvalue weighted by atomic mass is 16.7. The van der Waals surface area contributed by atoms with Gasteiger partial charge in [-0.25, -0.2) is 16.0 Å². The predicted molar refractivity (Wildman–Crippen MR) is 27.4 cm³/mol. The largest absolute Gasteiger partial charge is 0.307 e. The summed E-state index contributed by atoms with van der Waals surface area (Å²) in [5, 5.41) is 11.5. The molecule has 0 saturated heterocycles. The molecule has 0 aliphatic carbocycles. The first-order valence-electron chi connectivity index (χ1n) is 1.83. The molecule has 3 N–H and O–H groups in total. The van der Waals surface area contributed by atoms with E-state index in [1.807, 2.05) is 5.43 Å². The summed E-state index contributed by atoms with van der Waals surface area (Å²) >= 11 is 0. The first kappa shape index (κ1) is 6.83. The van der Waals surface area contributed by atoms with E-state index in [0.717, 1.165) is 0 Å². The van der Waals surface area contributed by atoms with Crippen molar-refractivity contribution in [2.75, 3.05) is 0 Å². The second kappa shape index (κ2) is 2.92. The van der Waals surface area contributed by atoms with Gasteiger partial charge in [-0.15, -0.1) is 0 Å². The van der Waals surface area contributed by atoms with Gasteiger partial charge in [0.1, 0.15) is 0 Å². The summed E-state index contributed by atoms with van der Waals surface area (Å²) in [7, 11) is 0. The smallest absolute Gasteiger partial charge is 0.192 e. The molecule has 6 nitrogen and oxygen atoms in total. The van der Waals surface area contributed by atoms with Gasteiger partial charge >= 0.3 is 0 Å². The van der Waals surface area contributed by atoms with Crippen LogP contribution < -0.4 is 11.3 Å². The van der Waals surface area contributed by atoms with Crippen LogP contribution in [-0.2, 0) is 0 Å². The van der Waals surface area contributed by atoms with Gasteiger partial charge in [0.2, 0.25) is 0 Å². The van der Waals surface area contributed by atoms with E-state index in [1.54, 1.807) is 0 Å². The minimum atomic E-state index is -0.824. The van der Waals surface area contributed by atoms with Crippen molar-refractivity contribution in [2.45, 2.75) is 6.92 Å². The van der Waals surface area contributed by atoms with Crippen molar-refractivity contribution >= 4 is 5.84 Å². The second-order valence-electron chi connectivity index (χ2n) is 1.07. The summed E-state index contributed by atoms with van der Waals surface area (Å²) in [6, 6.07) is 0. The fourth-order valence-corrected chi connectivity index (χ4v) is 0.151. The van der Waals surface area contributed by atoms with Gasteiger partial charge in [0, 0.05) is 6.92 Å². The monoisotopic (exact) mass is 118 g/mol. The number of nitrogens with one attached hydrogen (secondary N) is 1. The van der Waals surface area contributed by atoms with E-state index in [0.29, 0.717) is 0 Å². The van der Waals surface area contributed by atoms with Crippen LogP contribution in [0.2, 0.25) is 0 Å². The molecule has 0 radical (unpaired) electrons. The molecule has 0 spiro atoms. The van der Waals surface area contributed by atoms with Gasteiger partial charge < -0.3 is 5.43 Å². The van der Waals surface area contributed by atoms with Gasteiger partial charge in [0.05, 0.1) is 5.10 Å². The first-order valence-corrected chi connectivity index (χ1v) is 1.83. The van der Waals surface area contributed by atoms with Crippen LogP contribution in [-0.4, -0.2) is 10.9 Å². The third-order valence-electron chi connectivity index (χ3n) is 0.441. The molecule has 0 saturated carbocycles. The maximum atomic E-state index is 9.49. The van der Waals surface area contributed by atoms with Crippen molar-refractivity contribution < 1.29 is 5.03 Å². The molecule has 6 heteroatoms. The Balaban J connectivity index is 3.75. The Morgan fingerprint density at radius 3 is 2.62 bits per heavy atom. The molecule has 0 aromatic carbocycles. The molecule has 0 amide bonds. The van der Waals surface area contributed by atoms with Crippen molar-refractivity contribution in [1.82, 2.24) is 5.43 Å². The number of nitro groups is 1. The van der Waals surface area contributed by atoms with Crippen molar-refractivity contribution in [3.8, 4) is 0 Å². The van der Waals surface area contributed by atoms with Gasteiger partial charge in [-0.2, -0.15) is 0 Å². The number of hydrazone groups is 1. The van der Waals surface area contributed by atoms with E-state index in [4.69, 9.17) is 5.84 Å². The maximum absolute atomic E-state index is 9.49. The Labute approximate surface area is 45.5 Å². The average molecular weight is 118 g/mol. The minimum Gasteiger partial charge on any atom is -0.307 e. The van der Waals surface area contributed by atoms with E-state index >= 15 is 0 Å². The Morgan fingerprint density at radius 2 is 2.50 bits per heavy atom. The zero-order valence-corrected chi connectivity index (χ0v) is 4.29. The number of nitrogens with two attached hydrogens (primary N) is 1. The number of rotatable bonds is 1. The molecule has 0 unspecified atom stereocenters. The standard InChI is InChI=1S/C2H6N4O2/c1-2(4-3)5-6(7)8/h3H2,1H3,(H,4,5). The van der Waals surface area contributed by atoms with Crippen LogP contribution in [0.3, 0.4) is 0 Å². The van der Waals surface area contributed by atoms with Crippen LogP contribution in [0.25, 0.3) is 0 Å². The SMILES string of the molecule is C/C(=N/[N+](=O)[O-])NN. The molecule has 0 atom stereocenters. The Kier molecular flexibility index (Phi) is 2.49. The van der Waals surface area contributed by atoms with Crippen LogP contribution >= 0.6 is 0 Å².